The van der Waals surface area contributed by atoms with Gasteiger partial charge in [0.2, 0.25) is 0 Å². The van der Waals surface area contributed by atoms with Crippen molar-refractivity contribution in [2.45, 2.75) is 13.8 Å². The maximum atomic E-state index is 13.2. The molecule has 0 aliphatic rings. The maximum Gasteiger partial charge on any atom is 0.253 e. The first-order chi connectivity index (χ1) is 14.8. The Morgan fingerprint density at radius 2 is 1.71 bits per heavy atom. The van der Waals surface area contributed by atoms with Crippen LogP contribution in [0.1, 0.15) is 24.2 Å². The first kappa shape index (κ1) is 21.1. The van der Waals surface area contributed by atoms with Crippen molar-refractivity contribution in [2.24, 2.45) is 5.92 Å². The topological polar surface area (TPSA) is 33.5 Å². The second-order valence-electron chi connectivity index (χ2n) is 8.14. The zero-order chi connectivity index (χ0) is 22.1. The molecule has 158 valence electrons. The van der Waals surface area contributed by atoms with Gasteiger partial charge in [0.15, 0.2) is 0 Å². The summed E-state index contributed by atoms with van der Waals surface area (Å²) in [6.45, 7) is 4.85. The van der Waals surface area contributed by atoms with E-state index >= 15 is 0 Å². The summed E-state index contributed by atoms with van der Waals surface area (Å²) in [6, 6.07) is 19.3. The number of nitrogens with zero attached hydrogens (tertiary/aromatic N) is 1. The molecule has 0 aliphatic carbocycles. The summed E-state index contributed by atoms with van der Waals surface area (Å²) in [5, 5.41) is 1.48. The van der Waals surface area contributed by atoms with E-state index in [0.717, 1.165) is 27.7 Å². The van der Waals surface area contributed by atoms with E-state index in [9.17, 15) is 9.18 Å². The molecule has 0 radical (unpaired) electrons. The van der Waals surface area contributed by atoms with Crippen molar-refractivity contribution < 1.29 is 13.6 Å². The van der Waals surface area contributed by atoms with E-state index in [-0.39, 0.29) is 11.7 Å². The summed E-state index contributed by atoms with van der Waals surface area (Å²) in [5.74, 6) is 0.733. The Morgan fingerprint density at radius 3 is 2.42 bits per heavy atom. The molecule has 31 heavy (non-hydrogen) atoms. The molecule has 0 atom stereocenters. The van der Waals surface area contributed by atoms with Crippen molar-refractivity contribution in [1.82, 2.24) is 4.90 Å². The van der Waals surface area contributed by atoms with Crippen LogP contribution in [-0.2, 0) is 0 Å². The molecule has 0 saturated carbocycles. The first-order valence-corrected chi connectivity index (χ1v) is 10.5. The van der Waals surface area contributed by atoms with E-state index in [1.165, 1.54) is 12.1 Å². The fourth-order valence-electron chi connectivity index (χ4n) is 3.70. The SMILES string of the molecule is CC(C)CN(C)C(=O)c1ccc(Cl)c(-c2ccc3oc(-c4ccc(F)cc4)cc3c2)c1. The fraction of sp³-hybridized carbons (Fsp3) is 0.192. The molecule has 1 amide bonds. The van der Waals surface area contributed by atoms with Gasteiger partial charge in [-0.2, -0.15) is 0 Å². The Morgan fingerprint density at radius 1 is 1.00 bits per heavy atom. The first-order valence-electron chi connectivity index (χ1n) is 10.2. The van der Waals surface area contributed by atoms with Crippen LogP contribution >= 0.6 is 11.6 Å². The summed E-state index contributed by atoms with van der Waals surface area (Å²) in [4.78, 5) is 14.5. The van der Waals surface area contributed by atoms with Crippen molar-refractivity contribution in [2.75, 3.05) is 13.6 Å². The molecular formula is C26H23ClFNO2. The van der Waals surface area contributed by atoms with Crippen molar-refractivity contribution >= 4 is 28.5 Å². The molecule has 3 aromatic carbocycles. The highest BCUT2D eigenvalue weighted by molar-refractivity contribution is 6.33. The molecule has 0 saturated heterocycles. The van der Waals surface area contributed by atoms with Gasteiger partial charge in [0.05, 0.1) is 0 Å². The van der Waals surface area contributed by atoms with Crippen molar-refractivity contribution in [3.63, 3.8) is 0 Å². The zero-order valence-electron chi connectivity index (χ0n) is 17.7. The Labute approximate surface area is 186 Å². The Balaban J connectivity index is 1.69. The number of halogens is 2. The number of carbonyl (C=O) groups excluding carboxylic acids is 1. The van der Waals surface area contributed by atoms with E-state index in [1.54, 1.807) is 29.2 Å². The lowest BCUT2D eigenvalue weighted by Crippen LogP contribution is -2.30. The summed E-state index contributed by atoms with van der Waals surface area (Å²) in [5.41, 5.74) is 3.81. The monoisotopic (exact) mass is 435 g/mol. The van der Waals surface area contributed by atoms with Gasteiger partial charge in [-0.25, -0.2) is 4.39 Å². The van der Waals surface area contributed by atoms with E-state index < -0.39 is 0 Å². The molecule has 1 aromatic heterocycles. The Bertz CT molecular complexity index is 1240. The minimum Gasteiger partial charge on any atom is -0.456 e. The molecule has 4 rings (SSSR count). The zero-order valence-corrected chi connectivity index (χ0v) is 18.4. The molecule has 0 N–H and O–H groups in total. The summed E-state index contributed by atoms with van der Waals surface area (Å²) in [7, 11) is 1.81. The lowest BCUT2D eigenvalue weighted by atomic mass is 10.0. The number of hydrogen-bond acceptors (Lipinski definition) is 2. The number of fused-ring (bicyclic) bond motifs is 1. The maximum absolute atomic E-state index is 13.2. The lowest BCUT2D eigenvalue weighted by Gasteiger charge is -2.20. The Kier molecular flexibility index (Phi) is 5.84. The van der Waals surface area contributed by atoms with Gasteiger partial charge < -0.3 is 9.32 Å². The third-order valence-corrected chi connectivity index (χ3v) is 5.48. The predicted molar refractivity (Wildman–Crippen MR) is 124 cm³/mol. The largest absolute Gasteiger partial charge is 0.456 e. The van der Waals surface area contributed by atoms with Gasteiger partial charge in [-0.1, -0.05) is 31.5 Å². The van der Waals surface area contributed by atoms with Crippen molar-refractivity contribution in [3.05, 3.63) is 83.1 Å². The molecule has 0 fully saturated rings. The normalized spacial score (nSPS) is 11.3. The van der Waals surface area contributed by atoms with E-state index in [2.05, 4.69) is 13.8 Å². The standard InChI is InChI=1S/C26H23ClFNO2/c1-16(2)15-29(3)26(30)19-6-10-23(27)22(13-19)18-7-11-24-20(12-18)14-25(31-24)17-4-8-21(28)9-5-17/h4-14,16H,15H2,1-3H3. The molecule has 0 bridgehead atoms. The van der Waals surface area contributed by atoms with Crippen LogP contribution in [0.5, 0.6) is 0 Å². The molecule has 0 spiro atoms. The van der Waals surface area contributed by atoms with Crippen LogP contribution in [0.3, 0.4) is 0 Å². The number of benzene rings is 3. The number of amides is 1. The molecule has 5 heteroatoms. The smallest absolute Gasteiger partial charge is 0.253 e. The second kappa shape index (κ2) is 8.56. The number of rotatable bonds is 5. The molecule has 1 heterocycles. The minimum absolute atomic E-state index is 0.0328. The van der Waals surface area contributed by atoms with Gasteiger partial charge in [0, 0.05) is 40.7 Å². The lowest BCUT2D eigenvalue weighted by molar-refractivity contribution is 0.0779. The van der Waals surface area contributed by atoms with Crippen LogP contribution in [0.4, 0.5) is 4.39 Å². The van der Waals surface area contributed by atoms with Gasteiger partial charge in [-0.3, -0.25) is 4.79 Å². The Hall–Kier alpha value is -3.11. The molecular weight excluding hydrogens is 413 g/mol. The highest BCUT2D eigenvalue weighted by atomic mass is 35.5. The number of carbonyl (C=O) groups is 1. The average Bonchev–Trinajstić information content (AvgIpc) is 3.17. The van der Waals surface area contributed by atoms with Gasteiger partial charge in [-0.15, -0.1) is 0 Å². The van der Waals surface area contributed by atoms with Crippen LogP contribution in [0.15, 0.2) is 71.1 Å². The summed E-state index contributed by atoms with van der Waals surface area (Å²) in [6.07, 6.45) is 0. The van der Waals surface area contributed by atoms with E-state index in [0.29, 0.717) is 28.8 Å². The second-order valence-corrected chi connectivity index (χ2v) is 8.55. The number of hydrogen-bond donors (Lipinski definition) is 0. The summed E-state index contributed by atoms with van der Waals surface area (Å²) < 4.78 is 19.1. The quantitative estimate of drug-likeness (QED) is 0.330. The third-order valence-electron chi connectivity index (χ3n) is 5.16. The fourth-order valence-corrected chi connectivity index (χ4v) is 3.92. The van der Waals surface area contributed by atoms with Crippen LogP contribution in [0.25, 0.3) is 33.4 Å². The molecule has 3 nitrogen and oxygen atoms in total. The molecule has 0 aliphatic heterocycles. The minimum atomic E-state index is -0.287. The van der Waals surface area contributed by atoms with Gasteiger partial charge in [-0.05, 0) is 72.1 Å². The molecule has 0 unspecified atom stereocenters. The van der Waals surface area contributed by atoms with Gasteiger partial charge >= 0.3 is 0 Å². The van der Waals surface area contributed by atoms with E-state index in [4.69, 9.17) is 16.0 Å². The number of furan rings is 1. The van der Waals surface area contributed by atoms with E-state index in [1.807, 2.05) is 37.4 Å². The van der Waals surface area contributed by atoms with Crippen LogP contribution in [-0.4, -0.2) is 24.4 Å². The highest BCUT2D eigenvalue weighted by Gasteiger charge is 2.16. The van der Waals surface area contributed by atoms with Crippen molar-refractivity contribution in [1.29, 1.82) is 0 Å². The van der Waals surface area contributed by atoms with Crippen molar-refractivity contribution in [3.8, 4) is 22.5 Å². The highest BCUT2D eigenvalue weighted by Crippen LogP contribution is 2.34. The van der Waals surface area contributed by atoms with Crippen LogP contribution in [0.2, 0.25) is 5.02 Å². The van der Waals surface area contributed by atoms with Gasteiger partial charge in [0.25, 0.3) is 5.91 Å². The molecule has 4 aromatic rings. The predicted octanol–water partition coefficient (Wildman–Crippen LogP) is 7.29. The third kappa shape index (κ3) is 4.49. The van der Waals surface area contributed by atoms with Crippen LogP contribution < -0.4 is 0 Å². The average molecular weight is 436 g/mol. The van der Waals surface area contributed by atoms with Gasteiger partial charge in [0.1, 0.15) is 17.2 Å². The van der Waals surface area contributed by atoms with Crippen LogP contribution in [0, 0.1) is 11.7 Å². The summed E-state index contributed by atoms with van der Waals surface area (Å²) >= 11 is 6.48.